The molecule has 1 fully saturated rings. The lowest BCUT2D eigenvalue weighted by Gasteiger charge is -2.43. The first-order chi connectivity index (χ1) is 12.2. The van der Waals surface area contributed by atoms with E-state index in [1.54, 1.807) is 7.11 Å². The monoisotopic (exact) mass is 339 g/mol. The quantitative estimate of drug-likeness (QED) is 0.911. The summed E-state index contributed by atoms with van der Waals surface area (Å²) in [6.07, 6.45) is 8.92. The molecule has 5 heteroatoms. The number of imidazole rings is 1. The minimum absolute atomic E-state index is 0.0668. The number of aromatic nitrogens is 2. The third-order valence-corrected chi connectivity index (χ3v) is 5.96. The molecule has 132 valence electrons. The van der Waals surface area contributed by atoms with Gasteiger partial charge in [-0.15, -0.1) is 0 Å². The summed E-state index contributed by atoms with van der Waals surface area (Å²) in [7, 11) is 1.68. The van der Waals surface area contributed by atoms with E-state index in [-0.39, 0.29) is 17.2 Å². The summed E-state index contributed by atoms with van der Waals surface area (Å²) in [6, 6.07) is 8.31. The van der Waals surface area contributed by atoms with Crippen LogP contribution in [0.3, 0.4) is 0 Å². The topological polar surface area (TPSA) is 56.1 Å². The molecule has 2 aromatic rings. The Balaban J connectivity index is 1.40. The van der Waals surface area contributed by atoms with E-state index in [0.717, 1.165) is 44.5 Å². The zero-order valence-electron chi connectivity index (χ0n) is 14.7. The SMILES string of the molecule is COc1ccc(C2(CNC(=O)C3CCn4cncc4C3)CCC2)cc1. The van der Waals surface area contributed by atoms with Crippen molar-refractivity contribution in [1.29, 1.82) is 0 Å². The summed E-state index contributed by atoms with van der Waals surface area (Å²) in [5.74, 6) is 1.13. The Kier molecular flexibility index (Phi) is 4.24. The van der Waals surface area contributed by atoms with Crippen molar-refractivity contribution in [1.82, 2.24) is 14.9 Å². The fourth-order valence-electron chi connectivity index (χ4n) is 4.11. The van der Waals surface area contributed by atoms with E-state index < -0.39 is 0 Å². The van der Waals surface area contributed by atoms with Crippen LogP contribution in [0.15, 0.2) is 36.8 Å². The van der Waals surface area contributed by atoms with Gasteiger partial charge in [-0.2, -0.15) is 0 Å². The molecule has 0 radical (unpaired) electrons. The lowest BCUT2D eigenvalue weighted by molar-refractivity contribution is -0.126. The molecule has 2 aliphatic rings. The van der Waals surface area contributed by atoms with Crippen LogP contribution in [0.25, 0.3) is 0 Å². The molecule has 1 unspecified atom stereocenters. The number of hydrogen-bond acceptors (Lipinski definition) is 3. The number of rotatable bonds is 5. The van der Waals surface area contributed by atoms with Gasteiger partial charge >= 0.3 is 0 Å². The third-order valence-electron chi connectivity index (χ3n) is 5.96. The average Bonchev–Trinajstić information content (AvgIpc) is 3.09. The zero-order chi connectivity index (χ0) is 17.3. The maximum Gasteiger partial charge on any atom is 0.223 e. The van der Waals surface area contributed by atoms with Crippen LogP contribution in [0.2, 0.25) is 0 Å². The molecule has 0 spiro atoms. The van der Waals surface area contributed by atoms with Crippen molar-refractivity contribution in [2.45, 2.75) is 44.1 Å². The fraction of sp³-hybridized carbons (Fsp3) is 0.500. The molecule has 1 amide bonds. The van der Waals surface area contributed by atoms with Crippen LogP contribution in [-0.2, 0) is 23.2 Å². The summed E-state index contributed by atoms with van der Waals surface area (Å²) >= 11 is 0. The number of carbonyl (C=O) groups excluding carboxylic acids is 1. The Labute approximate surface area is 148 Å². The number of nitrogens with zero attached hydrogens (tertiary/aromatic N) is 2. The van der Waals surface area contributed by atoms with Crippen LogP contribution in [0.5, 0.6) is 5.75 Å². The van der Waals surface area contributed by atoms with E-state index >= 15 is 0 Å². The summed E-state index contributed by atoms with van der Waals surface area (Å²) in [6.45, 7) is 1.62. The standard InChI is InChI=1S/C20H25N3O2/c1-25-18-5-3-16(4-6-18)20(8-2-9-20)13-22-19(24)15-7-10-23-14-21-12-17(23)11-15/h3-6,12,14-15H,2,7-11,13H2,1H3,(H,22,24). The number of benzene rings is 1. The van der Waals surface area contributed by atoms with Gasteiger partial charge in [0.2, 0.25) is 5.91 Å². The highest BCUT2D eigenvalue weighted by Gasteiger charge is 2.39. The highest BCUT2D eigenvalue weighted by Crippen LogP contribution is 2.43. The Bertz CT molecular complexity index is 747. The molecule has 0 saturated heterocycles. The van der Waals surface area contributed by atoms with Crippen LogP contribution in [-0.4, -0.2) is 29.1 Å². The maximum absolute atomic E-state index is 12.7. The van der Waals surface area contributed by atoms with Crippen molar-refractivity contribution in [3.8, 4) is 5.75 Å². The number of ether oxygens (including phenoxy) is 1. The summed E-state index contributed by atoms with van der Waals surface area (Å²) in [4.78, 5) is 16.9. The van der Waals surface area contributed by atoms with Crippen LogP contribution < -0.4 is 10.1 Å². The molecule has 5 nitrogen and oxygen atoms in total. The Morgan fingerprint density at radius 3 is 2.84 bits per heavy atom. The van der Waals surface area contributed by atoms with Crippen LogP contribution in [0.1, 0.15) is 36.9 Å². The van der Waals surface area contributed by atoms with Crippen molar-refractivity contribution >= 4 is 5.91 Å². The number of fused-ring (bicyclic) bond motifs is 1. The largest absolute Gasteiger partial charge is 0.497 e. The molecule has 1 aromatic carbocycles. The summed E-state index contributed by atoms with van der Waals surface area (Å²) in [5, 5.41) is 3.25. The highest BCUT2D eigenvalue weighted by atomic mass is 16.5. The second-order valence-electron chi connectivity index (χ2n) is 7.35. The maximum atomic E-state index is 12.7. The molecule has 2 heterocycles. The van der Waals surface area contributed by atoms with Crippen LogP contribution >= 0.6 is 0 Å². The Hall–Kier alpha value is -2.30. The molecule has 1 saturated carbocycles. The van der Waals surface area contributed by atoms with Crippen molar-refractivity contribution in [2.75, 3.05) is 13.7 Å². The molecule has 0 bridgehead atoms. The first kappa shape index (κ1) is 16.2. The average molecular weight is 339 g/mol. The van der Waals surface area contributed by atoms with Crippen LogP contribution in [0.4, 0.5) is 0 Å². The second-order valence-corrected chi connectivity index (χ2v) is 7.35. The van der Waals surface area contributed by atoms with Gasteiger partial charge in [-0.3, -0.25) is 4.79 Å². The van der Waals surface area contributed by atoms with E-state index in [2.05, 4.69) is 27.0 Å². The lowest BCUT2D eigenvalue weighted by Crippen LogP contribution is -2.47. The van der Waals surface area contributed by atoms with E-state index in [1.165, 1.54) is 17.7 Å². The Morgan fingerprint density at radius 1 is 1.36 bits per heavy atom. The van der Waals surface area contributed by atoms with E-state index in [1.807, 2.05) is 24.7 Å². The molecular weight excluding hydrogens is 314 g/mol. The number of amides is 1. The van der Waals surface area contributed by atoms with E-state index in [4.69, 9.17) is 4.74 Å². The van der Waals surface area contributed by atoms with Crippen LogP contribution in [0, 0.1) is 5.92 Å². The molecule has 4 rings (SSSR count). The minimum atomic E-state index is 0.0668. The summed E-state index contributed by atoms with van der Waals surface area (Å²) in [5.41, 5.74) is 2.57. The van der Waals surface area contributed by atoms with Gasteiger partial charge in [0, 0.05) is 42.7 Å². The van der Waals surface area contributed by atoms with Crippen molar-refractivity contribution in [3.05, 3.63) is 48.0 Å². The second kappa shape index (κ2) is 6.54. The van der Waals surface area contributed by atoms with Crippen molar-refractivity contribution < 1.29 is 9.53 Å². The predicted molar refractivity (Wildman–Crippen MR) is 95.6 cm³/mol. The zero-order valence-corrected chi connectivity index (χ0v) is 14.7. The first-order valence-electron chi connectivity index (χ1n) is 9.11. The third kappa shape index (κ3) is 3.03. The molecule has 1 N–H and O–H groups in total. The van der Waals surface area contributed by atoms with Crippen molar-refractivity contribution in [3.63, 3.8) is 0 Å². The first-order valence-corrected chi connectivity index (χ1v) is 9.11. The van der Waals surface area contributed by atoms with E-state index in [9.17, 15) is 4.79 Å². The van der Waals surface area contributed by atoms with Gasteiger partial charge < -0.3 is 14.6 Å². The molecular formula is C20H25N3O2. The molecule has 1 aliphatic heterocycles. The van der Waals surface area contributed by atoms with Gasteiger partial charge in [-0.1, -0.05) is 18.6 Å². The van der Waals surface area contributed by atoms with Gasteiger partial charge in [0.15, 0.2) is 0 Å². The minimum Gasteiger partial charge on any atom is -0.497 e. The van der Waals surface area contributed by atoms with Gasteiger partial charge in [0.1, 0.15) is 5.75 Å². The van der Waals surface area contributed by atoms with Gasteiger partial charge in [-0.05, 0) is 37.0 Å². The molecule has 25 heavy (non-hydrogen) atoms. The van der Waals surface area contributed by atoms with Crippen molar-refractivity contribution in [2.24, 2.45) is 5.92 Å². The number of aryl methyl sites for hydroxylation is 1. The highest BCUT2D eigenvalue weighted by molar-refractivity contribution is 5.79. The molecule has 1 atom stereocenters. The van der Waals surface area contributed by atoms with Gasteiger partial charge in [-0.25, -0.2) is 4.98 Å². The number of hydrogen-bond donors (Lipinski definition) is 1. The number of carbonyl (C=O) groups is 1. The molecule has 1 aromatic heterocycles. The smallest absolute Gasteiger partial charge is 0.223 e. The number of nitrogens with one attached hydrogen (secondary N) is 1. The Morgan fingerprint density at radius 2 is 2.16 bits per heavy atom. The number of methoxy groups -OCH3 is 1. The van der Waals surface area contributed by atoms with E-state index in [0.29, 0.717) is 0 Å². The lowest BCUT2D eigenvalue weighted by atomic mass is 9.64. The van der Waals surface area contributed by atoms with Gasteiger partial charge in [0.25, 0.3) is 0 Å². The predicted octanol–water partition coefficient (Wildman–Crippen LogP) is 2.69. The van der Waals surface area contributed by atoms with Gasteiger partial charge in [0.05, 0.1) is 13.4 Å². The fourth-order valence-corrected chi connectivity index (χ4v) is 4.11. The molecule has 1 aliphatic carbocycles. The summed E-state index contributed by atoms with van der Waals surface area (Å²) < 4.78 is 7.40. The normalized spacial score (nSPS) is 21.1.